The average Bonchev–Trinajstić information content (AvgIpc) is 2.65. The van der Waals surface area contributed by atoms with E-state index in [-0.39, 0.29) is 24.0 Å². The molecular formula is C20H36IN5O. The Labute approximate surface area is 181 Å². The van der Waals surface area contributed by atoms with E-state index in [1.807, 2.05) is 0 Å². The summed E-state index contributed by atoms with van der Waals surface area (Å²) < 4.78 is 5.44. The van der Waals surface area contributed by atoms with Crippen molar-refractivity contribution in [2.75, 3.05) is 53.5 Å². The summed E-state index contributed by atoms with van der Waals surface area (Å²) in [7, 11) is 4.19. The van der Waals surface area contributed by atoms with E-state index in [0.717, 1.165) is 51.9 Å². The molecule has 0 saturated carbocycles. The molecule has 0 amide bonds. The molecule has 1 fully saturated rings. The van der Waals surface area contributed by atoms with Gasteiger partial charge in [0.25, 0.3) is 0 Å². The van der Waals surface area contributed by atoms with Gasteiger partial charge in [0.15, 0.2) is 5.96 Å². The summed E-state index contributed by atoms with van der Waals surface area (Å²) in [6.45, 7) is 11.4. The van der Waals surface area contributed by atoms with Crippen molar-refractivity contribution in [1.82, 2.24) is 20.4 Å². The second-order valence-electron chi connectivity index (χ2n) is 7.08. The van der Waals surface area contributed by atoms with Gasteiger partial charge in [-0.05, 0) is 39.1 Å². The maximum atomic E-state index is 5.44. The van der Waals surface area contributed by atoms with E-state index in [1.54, 1.807) is 0 Å². The van der Waals surface area contributed by atoms with Gasteiger partial charge in [-0.15, -0.1) is 24.0 Å². The van der Waals surface area contributed by atoms with Gasteiger partial charge in [0.2, 0.25) is 0 Å². The third kappa shape index (κ3) is 8.76. The van der Waals surface area contributed by atoms with Gasteiger partial charge in [0, 0.05) is 38.8 Å². The molecule has 1 aromatic carbocycles. The topological polar surface area (TPSA) is 52.1 Å². The molecule has 0 bridgehead atoms. The highest BCUT2D eigenvalue weighted by molar-refractivity contribution is 14.0. The molecule has 27 heavy (non-hydrogen) atoms. The lowest BCUT2D eigenvalue weighted by Gasteiger charge is -2.32. The number of hydrogen-bond acceptors (Lipinski definition) is 4. The van der Waals surface area contributed by atoms with Gasteiger partial charge < -0.3 is 20.3 Å². The monoisotopic (exact) mass is 489 g/mol. The van der Waals surface area contributed by atoms with Gasteiger partial charge in [0.1, 0.15) is 0 Å². The van der Waals surface area contributed by atoms with Gasteiger partial charge in [-0.3, -0.25) is 4.90 Å². The number of rotatable bonds is 8. The first kappa shape index (κ1) is 24.1. The number of hydrogen-bond donors (Lipinski definition) is 2. The van der Waals surface area contributed by atoms with Crippen LogP contribution < -0.4 is 10.6 Å². The highest BCUT2D eigenvalue weighted by atomic mass is 127. The fraction of sp³-hybridized carbons (Fsp3) is 0.650. The zero-order valence-electron chi connectivity index (χ0n) is 17.2. The smallest absolute Gasteiger partial charge is 0.191 e. The number of ether oxygens (including phenoxy) is 1. The van der Waals surface area contributed by atoms with Crippen LogP contribution in [0.3, 0.4) is 0 Å². The summed E-state index contributed by atoms with van der Waals surface area (Å²) >= 11 is 0. The van der Waals surface area contributed by atoms with Crippen LogP contribution in [-0.2, 0) is 17.8 Å². The molecule has 154 valence electrons. The predicted octanol–water partition coefficient (Wildman–Crippen LogP) is 2.14. The van der Waals surface area contributed by atoms with Crippen molar-refractivity contribution in [2.45, 2.75) is 33.0 Å². The molecular weight excluding hydrogens is 453 g/mol. The molecule has 1 aromatic rings. The molecule has 7 heteroatoms. The summed E-state index contributed by atoms with van der Waals surface area (Å²) in [4.78, 5) is 9.46. The van der Waals surface area contributed by atoms with Crippen LogP contribution in [-0.4, -0.2) is 75.3 Å². The lowest BCUT2D eigenvalue weighted by molar-refractivity contribution is 0.0211. The minimum absolute atomic E-state index is 0. The predicted molar refractivity (Wildman–Crippen MR) is 124 cm³/mol. The van der Waals surface area contributed by atoms with Gasteiger partial charge in [-0.1, -0.05) is 24.3 Å². The van der Waals surface area contributed by atoms with Crippen LogP contribution in [0.2, 0.25) is 0 Å². The molecule has 2 rings (SSSR count). The van der Waals surface area contributed by atoms with Crippen LogP contribution in [0.15, 0.2) is 29.3 Å². The highest BCUT2D eigenvalue weighted by Gasteiger charge is 2.17. The van der Waals surface area contributed by atoms with E-state index in [9.17, 15) is 0 Å². The van der Waals surface area contributed by atoms with Crippen molar-refractivity contribution in [3.8, 4) is 0 Å². The molecule has 1 aliphatic heterocycles. The first-order valence-corrected chi connectivity index (χ1v) is 9.65. The molecule has 1 atom stereocenters. The number of morpholine rings is 1. The summed E-state index contributed by atoms with van der Waals surface area (Å²) in [6, 6.07) is 9.00. The first-order chi connectivity index (χ1) is 12.6. The van der Waals surface area contributed by atoms with Crippen molar-refractivity contribution in [2.24, 2.45) is 4.99 Å². The summed E-state index contributed by atoms with van der Waals surface area (Å²) in [5, 5.41) is 6.85. The Morgan fingerprint density at radius 1 is 1.19 bits per heavy atom. The molecule has 0 spiro atoms. The Hall–Kier alpha value is -0.900. The van der Waals surface area contributed by atoms with Crippen LogP contribution in [0.25, 0.3) is 0 Å². The van der Waals surface area contributed by atoms with Gasteiger partial charge in [0.05, 0.1) is 19.8 Å². The van der Waals surface area contributed by atoms with Crippen molar-refractivity contribution < 1.29 is 4.74 Å². The summed E-state index contributed by atoms with van der Waals surface area (Å²) in [5.41, 5.74) is 2.61. The standard InChI is InChI=1S/C20H35N5O.HI/c1-5-21-20(22-14-17(2)25-10-12-26-13-11-25)23-15-18-8-6-7-9-19(18)16-24(3)4;/h6-9,17H,5,10-16H2,1-4H3,(H2,21,22,23);1H. The zero-order valence-corrected chi connectivity index (χ0v) is 19.5. The van der Waals surface area contributed by atoms with E-state index in [2.05, 4.69) is 72.6 Å². The van der Waals surface area contributed by atoms with Gasteiger partial charge in [-0.25, -0.2) is 4.99 Å². The number of guanidine groups is 1. The number of benzene rings is 1. The number of nitrogens with one attached hydrogen (secondary N) is 2. The number of aliphatic imine (C=N–C) groups is 1. The van der Waals surface area contributed by atoms with Crippen LogP contribution in [0.5, 0.6) is 0 Å². The molecule has 0 aliphatic carbocycles. The molecule has 1 heterocycles. The highest BCUT2D eigenvalue weighted by Crippen LogP contribution is 2.11. The number of halogens is 1. The number of nitrogens with zero attached hydrogens (tertiary/aromatic N) is 3. The van der Waals surface area contributed by atoms with Crippen LogP contribution >= 0.6 is 24.0 Å². The van der Waals surface area contributed by atoms with Crippen molar-refractivity contribution >= 4 is 29.9 Å². The van der Waals surface area contributed by atoms with Gasteiger partial charge in [-0.2, -0.15) is 0 Å². The molecule has 0 aromatic heterocycles. The zero-order chi connectivity index (χ0) is 18.8. The third-order valence-electron chi connectivity index (χ3n) is 4.59. The van der Waals surface area contributed by atoms with Crippen molar-refractivity contribution in [3.05, 3.63) is 35.4 Å². The quantitative estimate of drug-likeness (QED) is 0.333. The summed E-state index contributed by atoms with van der Waals surface area (Å²) in [5.74, 6) is 0.882. The van der Waals surface area contributed by atoms with Crippen LogP contribution in [0, 0.1) is 0 Å². The fourth-order valence-electron chi connectivity index (χ4n) is 3.10. The Bertz CT molecular complexity index is 561. The molecule has 0 radical (unpaired) electrons. The van der Waals surface area contributed by atoms with E-state index in [0.29, 0.717) is 12.6 Å². The second-order valence-corrected chi connectivity index (χ2v) is 7.08. The molecule has 1 aliphatic rings. The maximum absolute atomic E-state index is 5.44. The van der Waals surface area contributed by atoms with Crippen molar-refractivity contribution in [1.29, 1.82) is 0 Å². The largest absolute Gasteiger partial charge is 0.379 e. The normalized spacial score (nSPS) is 16.7. The molecule has 1 saturated heterocycles. The lowest BCUT2D eigenvalue weighted by Crippen LogP contribution is -2.49. The van der Waals surface area contributed by atoms with E-state index >= 15 is 0 Å². The Morgan fingerprint density at radius 2 is 1.85 bits per heavy atom. The SMILES string of the molecule is CCNC(=NCc1ccccc1CN(C)C)NCC(C)N1CCOCC1.I. The second kappa shape index (κ2) is 13.3. The minimum Gasteiger partial charge on any atom is -0.379 e. The van der Waals surface area contributed by atoms with Crippen LogP contribution in [0.1, 0.15) is 25.0 Å². The van der Waals surface area contributed by atoms with E-state index < -0.39 is 0 Å². The third-order valence-corrected chi connectivity index (χ3v) is 4.59. The Kier molecular flexibility index (Phi) is 11.9. The van der Waals surface area contributed by atoms with E-state index in [4.69, 9.17) is 9.73 Å². The Morgan fingerprint density at radius 3 is 2.48 bits per heavy atom. The van der Waals surface area contributed by atoms with E-state index in [1.165, 1.54) is 11.1 Å². The molecule has 1 unspecified atom stereocenters. The molecule has 6 nitrogen and oxygen atoms in total. The maximum Gasteiger partial charge on any atom is 0.191 e. The van der Waals surface area contributed by atoms with Crippen LogP contribution in [0.4, 0.5) is 0 Å². The molecule has 2 N–H and O–H groups in total. The lowest BCUT2D eigenvalue weighted by atomic mass is 10.1. The summed E-state index contributed by atoms with van der Waals surface area (Å²) in [6.07, 6.45) is 0. The fourth-order valence-corrected chi connectivity index (χ4v) is 3.10. The average molecular weight is 489 g/mol. The van der Waals surface area contributed by atoms with Gasteiger partial charge >= 0.3 is 0 Å². The Balaban J connectivity index is 0.00000364. The van der Waals surface area contributed by atoms with Crippen molar-refractivity contribution in [3.63, 3.8) is 0 Å². The first-order valence-electron chi connectivity index (χ1n) is 9.65. The minimum atomic E-state index is 0.